The molecule has 1 heterocycles. The molecular formula is C20H19NO6. The van der Waals surface area contributed by atoms with Crippen molar-refractivity contribution in [2.45, 2.75) is 6.92 Å². The molecular weight excluding hydrogens is 350 g/mol. The molecule has 7 heteroatoms. The summed E-state index contributed by atoms with van der Waals surface area (Å²) in [7, 11) is 4.33. The second kappa shape index (κ2) is 7.41. The molecule has 0 radical (unpaired) electrons. The van der Waals surface area contributed by atoms with Crippen molar-refractivity contribution >= 4 is 22.8 Å². The van der Waals surface area contributed by atoms with E-state index in [-0.39, 0.29) is 0 Å². The minimum Gasteiger partial charge on any atom is -0.493 e. The SMILES string of the molecule is COC(=O)c1c(C)[nH]c2ccc(OC(=O)c3ccc(OC)c(OC)c3)cc12. The van der Waals surface area contributed by atoms with E-state index in [9.17, 15) is 9.59 Å². The second-order valence-corrected chi connectivity index (χ2v) is 5.78. The van der Waals surface area contributed by atoms with Crippen LogP contribution in [0.1, 0.15) is 26.4 Å². The monoisotopic (exact) mass is 369 g/mol. The van der Waals surface area contributed by atoms with E-state index in [1.165, 1.54) is 21.3 Å². The first-order valence-corrected chi connectivity index (χ1v) is 8.13. The Morgan fingerprint density at radius 2 is 1.63 bits per heavy atom. The number of aromatic nitrogens is 1. The number of aromatic amines is 1. The molecule has 0 saturated carbocycles. The lowest BCUT2D eigenvalue weighted by Gasteiger charge is -2.09. The van der Waals surface area contributed by atoms with Crippen molar-refractivity contribution in [1.29, 1.82) is 0 Å². The molecule has 0 aliphatic heterocycles. The number of hydrogen-bond acceptors (Lipinski definition) is 6. The van der Waals surface area contributed by atoms with Gasteiger partial charge in [0, 0.05) is 16.6 Å². The number of carbonyl (C=O) groups is 2. The summed E-state index contributed by atoms with van der Waals surface area (Å²) in [6, 6.07) is 9.78. The van der Waals surface area contributed by atoms with Gasteiger partial charge in [-0.3, -0.25) is 0 Å². The van der Waals surface area contributed by atoms with Crippen LogP contribution in [0.15, 0.2) is 36.4 Å². The Labute approximate surface area is 155 Å². The summed E-state index contributed by atoms with van der Waals surface area (Å²) in [5.41, 5.74) is 2.15. The minimum atomic E-state index is -0.554. The Morgan fingerprint density at radius 3 is 2.30 bits per heavy atom. The normalized spacial score (nSPS) is 10.5. The molecule has 140 valence electrons. The Balaban J connectivity index is 1.92. The van der Waals surface area contributed by atoms with Crippen LogP contribution in [-0.4, -0.2) is 38.3 Å². The molecule has 1 N–H and O–H groups in total. The molecule has 3 aromatic rings. The van der Waals surface area contributed by atoms with Gasteiger partial charge < -0.3 is 23.9 Å². The highest BCUT2D eigenvalue weighted by atomic mass is 16.5. The van der Waals surface area contributed by atoms with Gasteiger partial charge in [-0.25, -0.2) is 9.59 Å². The first kappa shape index (κ1) is 18.3. The molecule has 0 fully saturated rings. The van der Waals surface area contributed by atoms with Gasteiger partial charge >= 0.3 is 11.9 Å². The number of methoxy groups -OCH3 is 3. The average Bonchev–Trinajstić information content (AvgIpc) is 3.01. The van der Waals surface area contributed by atoms with Crippen molar-refractivity contribution in [2.75, 3.05) is 21.3 Å². The summed E-state index contributed by atoms with van der Waals surface area (Å²) in [5.74, 6) is 0.244. The van der Waals surface area contributed by atoms with Crippen LogP contribution in [0.5, 0.6) is 17.2 Å². The lowest BCUT2D eigenvalue weighted by Crippen LogP contribution is -2.09. The summed E-state index contributed by atoms with van der Waals surface area (Å²) >= 11 is 0. The number of ether oxygens (including phenoxy) is 4. The van der Waals surface area contributed by atoms with Gasteiger partial charge in [-0.05, 0) is 43.3 Å². The van der Waals surface area contributed by atoms with Crippen LogP contribution in [0.2, 0.25) is 0 Å². The summed E-state index contributed by atoms with van der Waals surface area (Å²) in [6.45, 7) is 1.78. The summed E-state index contributed by atoms with van der Waals surface area (Å²) < 4.78 is 20.7. The summed E-state index contributed by atoms with van der Waals surface area (Å²) in [5, 5.41) is 0.622. The minimum absolute atomic E-state index is 0.311. The highest BCUT2D eigenvalue weighted by Gasteiger charge is 2.18. The smallest absolute Gasteiger partial charge is 0.343 e. The number of rotatable bonds is 5. The number of fused-ring (bicyclic) bond motifs is 1. The van der Waals surface area contributed by atoms with Crippen LogP contribution in [0.25, 0.3) is 10.9 Å². The van der Waals surface area contributed by atoms with E-state index < -0.39 is 11.9 Å². The average molecular weight is 369 g/mol. The molecule has 27 heavy (non-hydrogen) atoms. The van der Waals surface area contributed by atoms with Gasteiger partial charge in [0.25, 0.3) is 0 Å². The van der Waals surface area contributed by atoms with E-state index >= 15 is 0 Å². The first-order valence-electron chi connectivity index (χ1n) is 8.13. The molecule has 0 bridgehead atoms. The Kier molecular flexibility index (Phi) is 5.03. The van der Waals surface area contributed by atoms with Crippen molar-refractivity contribution in [3.63, 3.8) is 0 Å². The van der Waals surface area contributed by atoms with Crippen LogP contribution < -0.4 is 14.2 Å². The van der Waals surface area contributed by atoms with Crippen molar-refractivity contribution in [3.8, 4) is 17.2 Å². The van der Waals surface area contributed by atoms with Crippen molar-refractivity contribution < 1.29 is 28.5 Å². The quantitative estimate of drug-likeness (QED) is 0.547. The van der Waals surface area contributed by atoms with Crippen molar-refractivity contribution in [2.24, 2.45) is 0 Å². The lowest BCUT2D eigenvalue weighted by molar-refractivity contribution is 0.0602. The predicted molar refractivity (Wildman–Crippen MR) is 98.9 cm³/mol. The summed E-state index contributed by atoms with van der Waals surface area (Å²) in [6.07, 6.45) is 0. The molecule has 7 nitrogen and oxygen atoms in total. The highest BCUT2D eigenvalue weighted by Crippen LogP contribution is 2.30. The van der Waals surface area contributed by atoms with Gasteiger partial charge in [0.15, 0.2) is 11.5 Å². The Bertz CT molecular complexity index is 1020. The Morgan fingerprint density at radius 1 is 0.889 bits per heavy atom. The molecule has 3 rings (SSSR count). The van der Waals surface area contributed by atoms with E-state index in [2.05, 4.69) is 4.98 Å². The molecule has 0 aliphatic carbocycles. The van der Waals surface area contributed by atoms with Crippen LogP contribution in [-0.2, 0) is 4.74 Å². The van der Waals surface area contributed by atoms with E-state index in [1.807, 2.05) is 0 Å². The van der Waals surface area contributed by atoms with Gasteiger partial charge in [-0.15, -0.1) is 0 Å². The fraction of sp³-hybridized carbons (Fsp3) is 0.200. The lowest BCUT2D eigenvalue weighted by atomic mass is 10.1. The molecule has 0 spiro atoms. The third-order valence-electron chi connectivity index (χ3n) is 4.18. The molecule has 0 aliphatic rings. The van der Waals surface area contributed by atoms with Gasteiger partial charge in [0.1, 0.15) is 5.75 Å². The maximum Gasteiger partial charge on any atom is 0.343 e. The molecule has 0 atom stereocenters. The molecule has 0 unspecified atom stereocenters. The fourth-order valence-corrected chi connectivity index (χ4v) is 2.86. The number of H-pyrrole nitrogens is 1. The fourth-order valence-electron chi connectivity index (χ4n) is 2.86. The van der Waals surface area contributed by atoms with E-state index in [0.717, 1.165) is 5.52 Å². The van der Waals surface area contributed by atoms with E-state index in [4.69, 9.17) is 18.9 Å². The van der Waals surface area contributed by atoms with Crippen LogP contribution in [0, 0.1) is 6.92 Å². The molecule has 0 amide bonds. The van der Waals surface area contributed by atoms with E-state index in [1.54, 1.807) is 43.3 Å². The zero-order chi connectivity index (χ0) is 19.6. The molecule has 0 saturated heterocycles. The topological polar surface area (TPSA) is 86.9 Å². The standard InChI is InChI=1S/C20H19NO6/c1-11-18(20(23)26-4)14-10-13(6-7-15(14)21-11)27-19(22)12-5-8-16(24-2)17(9-12)25-3/h5-10,21H,1-4H3. The summed E-state index contributed by atoms with van der Waals surface area (Å²) in [4.78, 5) is 27.6. The second-order valence-electron chi connectivity index (χ2n) is 5.78. The van der Waals surface area contributed by atoms with Crippen LogP contribution >= 0.6 is 0 Å². The molecule has 1 aromatic heterocycles. The number of aryl methyl sites for hydroxylation is 1. The van der Waals surface area contributed by atoms with Crippen molar-refractivity contribution in [3.05, 3.63) is 53.2 Å². The predicted octanol–water partition coefficient (Wildman–Crippen LogP) is 3.50. The van der Waals surface area contributed by atoms with Gasteiger partial charge in [-0.2, -0.15) is 0 Å². The number of nitrogens with one attached hydrogen (secondary N) is 1. The number of benzene rings is 2. The number of hydrogen-bond donors (Lipinski definition) is 1. The van der Waals surface area contributed by atoms with Crippen LogP contribution in [0.4, 0.5) is 0 Å². The highest BCUT2D eigenvalue weighted by molar-refractivity contribution is 6.06. The zero-order valence-electron chi connectivity index (χ0n) is 15.4. The zero-order valence-corrected chi connectivity index (χ0v) is 15.4. The first-order chi connectivity index (χ1) is 13.0. The van der Waals surface area contributed by atoms with Gasteiger partial charge in [0.2, 0.25) is 0 Å². The van der Waals surface area contributed by atoms with Crippen LogP contribution in [0.3, 0.4) is 0 Å². The number of carbonyl (C=O) groups excluding carboxylic acids is 2. The number of esters is 2. The molecule has 2 aromatic carbocycles. The largest absolute Gasteiger partial charge is 0.493 e. The third-order valence-corrected chi connectivity index (χ3v) is 4.18. The maximum absolute atomic E-state index is 12.5. The van der Waals surface area contributed by atoms with Gasteiger partial charge in [-0.1, -0.05) is 0 Å². The van der Waals surface area contributed by atoms with Gasteiger partial charge in [0.05, 0.1) is 32.5 Å². The maximum atomic E-state index is 12.5. The Hall–Kier alpha value is -3.48. The van der Waals surface area contributed by atoms with Crippen molar-refractivity contribution in [1.82, 2.24) is 4.98 Å². The van der Waals surface area contributed by atoms with E-state index in [0.29, 0.717) is 39.5 Å². The third kappa shape index (κ3) is 3.44.